The van der Waals surface area contributed by atoms with Crippen LogP contribution in [0, 0.1) is 10.1 Å². The highest BCUT2D eigenvalue weighted by molar-refractivity contribution is 7.98. The van der Waals surface area contributed by atoms with Crippen LogP contribution in [0.5, 0.6) is 11.5 Å². The van der Waals surface area contributed by atoms with Gasteiger partial charge in [-0.15, -0.1) is 10.2 Å². The van der Waals surface area contributed by atoms with Crippen LogP contribution in [0.2, 0.25) is 0 Å². The molecule has 0 aliphatic heterocycles. The van der Waals surface area contributed by atoms with Crippen LogP contribution >= 0.6 is 11.8 Å². The number of nitrogens with zero attached hydrogens (tertiary/aromatic N) is 4. The molecule has 0 saturated carbocycles. The predicted molar refractivity (Wildman–Crippen MR) is 106 cm³/mol. The van der Waals surface area contributed by atoms with Crippen LogP contribution in [0.1, 0.15) is 24.4 Å². The van der Waals surface area contributed by atoms with Crippen molar-refractivity contribution >= 4 is 17.4 Å². The van der Waals surface area contributed by atoms with Gasteiger partial charge in [0.1, 0.15) is 0 Å². The third kappa shape index (κ3) is 4.25. The van der Waals surface area contributed by atoms with Crippen molar-refractivity contribution in [2.24, 2.45) is 7.05 Å². The molecule has 28 heavy (non-hydrogen) atoms. The lowest BCUT2D eigenvalue weighted by Crippen LogP contribution is -2.10. The van der Waals surface area contributed by atoms with E-state index in [1.54, 1.807) is 25.3 Å². The number of hydrogen-bond donors (Lipinski definition) is 0. The van der Waals surface area contributed by atoms with Crippen LogP contribution in [-0.4, -0.2) is 26.8 Å². The van der Waals surface area contributed by atoms with Crippen LogP contribution in [0.15, 0.2) is 53.7 Å². The Bertz CT molecular complexity index is 976. The minimum Gasteiger partial charge on any atom is -0.493 e. The normalized spacial score (nSPS) is 11.8. The van der Waals surface area contributed by atoms with Crippen molar-refractivity contribution in [2.45, 2.75) is 23.9 Å². The highest BCUT2D eigenvalue weighted by Crippen LogP contribution is 2.32. The Hall–Kier alpha value is -3.07. The van der Waals surface area contributed by atoms with Gasteiger partial charge in [-0.05, 0) is 19.1 Å². The van der Waals surface area contributed by atoms with E-state index in [1.807, 2.05) is 42.8 Å². The molecule has 3 rings (SSSR count). The van der Waals surface area contributed by atoms with Crippen LogP contribution in [-0.2, 0) is 12.8 Å². The van der Waals surface area contributed by atoms with Gasteiger partial charge in [-0.1, -0.05) is 42.1 Å². The molecule has 9 heteroatoms. The third-order valence-electron chi connectivity index (χ3n) is 4.15. The van der Waals surface area contributed by atoms with Gasteiger partial charge in [0.2, 0.25) is 0 Å². The standard InChI is InChI=1S/C19H20N4O4S/c1-13(27-17-11-7-6-10-16(17)26-3)18-20-21-19(22(18)2)28-12-14-8-4-5-9-15(14)23(24)25/h4-11,13H,12H2,1-3H3. The zero-order valence-electron chi connectivity index (χ0n) is 15.7. The van der Waals surface area contributed by atoms with Gasteiger partial charge in [-0.2, -0.15) is 0 Å². The lowest BCUT2D eigenvalue weighted by atomic mass is 10.2. The molecule has 0 radical (unpaired) electrons. The number of nitro groups is 1. The van der Waals surface area contributed by atoms with Crippen LogP contribution < -0.4 is 9.47 Å². The Morgan fingerprint density at radius 3 is 2.54 bits per heavy atom. The average Bonchev–Trinajstić information content (AvgIpc) is 3.07. The van der Waals surface area contributed by atoms with E-state index in [4.69, 9.17) is 9.47 Å². The van der Waals surface area contributed by atoms with Crippen molar-refractivity contribution in [1.82, 2.24) is 14.8 Å². The average molecular weight is 400 g/mol. The summed E-state index contributed by atoms with van der Waals surface area (Å²) in [5, 5.41) is 20.2. The molecule has 146 valence electrons. The summed E-state index contributed by atoms with van der Waals surface area (Å²) in [7, 11) is 3.44. The van der Waals surface area contributed by atoms with Gasteiger partial charge in [0.15, 0.2) is 28.6 Å². The van der Waals surface area contributed by atoms with E-state index in [0.717, 1.165) is 0 Å². The first-order valence-corrected chi connectivity index (χ1v) is 9.54. The maximum atomic E-state index is 11.2. The number of hydrogen-bond acceptors (Lipinski definition) is 7. The zero-order chi connectivity index (χ0) is 20.1. The number of ether oxygens (including phenoxy) is 2. The molecule has 0 N–H and O–H groups in total. The molecule has 0 aliphatic rings. The van der Waals surface area contributed by atoms with Crippen molar-refractivity contribution in [3.8, 4) is 11.5 Å². The Kier molecular flexibility index (Phi) is 6.15. The summed E-state index contributed by atoms with van der Waals surface area (Å²) in [5.41, 5.74) is 0.741. The first-order chi connectivity index (χ1) is 13.5. The minimum atomic E-state index is -0.374. The summed E-state index contributed by atoms with van der Waals surface area (Å²) >= 11 is 1.39. The second kappa shape index (κ2) is 8.75. The molecule has 8 nitrogen and oxygen atoms in total. The van der Waals surface area contributed by atoms with Crippen LogP contribution in [0.3, 0.4) is 0 Å². The predicted octanol–water partition coefficient (Wildman–Crippen LogP) is 4.16. The maximum Gasteiger partial charge on any atom is 0.273 e. The highest BCUT2D eigenvalue weighted by Gasteiger charge is 2.20. The Balaban J connectivity index is 1.72. The van der Waals surface area contributed by atoms with E-state index in [1.165, 1.54) is 17.8 Å². The Labute approximate surface area is 166 Å². The molecule has 0 bridgehead atoms. The van der Waals surface area contributed by atoms with E-state index in [0.29, 0.717) is 33.8 Å². The van der Waals surface area contributed by atoms with E-state index >= 15 is 0 Å². The van der Waals surface area contributed by atoms with Crippen molar-refractivity contribution in [3.63, 3.8) is 0 Å². The first-order valence-electron chi connectivity index (χ1n) is 8.55. The van der Waals surface area contributed by atoms with Crippen molar-refractivity contribution in [2.75, 3.05) is 7.11 Å². The fourth-order valence-corrected chi connectivity index (χ4v) is 3.63. The summed E-state index contributed by atoms with van der Waals surface area (Å²) in [4.78, 5) is 10.8. The van der Waals surface area contributed by atoms with E-state index in [2.05, 4.69) is 10.2 Å². The minimum absolute atomic E-state index is 0.102. The highest BCUT2D eigenvalue weighted by atomic mass is 32.2. The monoisotopic (exact) mass is 400 g/mol. The number of nitro benzene ring substituents is 1. The summed E-state index contributed by atoms with van der Waals surface area (Å²) in [5.74, 6) is 2.33. The largest absolute Gasteiger partial charge is 0.493 e. The molecule has 0 saturated heterocycles. The molecule has 1 aromatic heterocycles. The van der Waals surface area contributed by atoms with Crippen LogP contribution in [0.4, 0.5) is 5.69 Å². The van der Waals surface area contributed by atoms with Gasteiger partial charge in [-0.3, -0.25) is 10.1 Å². The third-order valence-corrected chi connectivity index (χ3v) is 5.22. The number of thioether (sulfide) groups is 1. The van der Waals surface area contributed by atoms with E-state index < -0.39 is 0 Å². The van der Waals surface area contributed by atoms with Crippen molar-refractivity contribution in [3.05, 3.63) is 70.0 Å². The van der Waals surface area contributed by atoms with Gasteiger partial charge in [-0.25, -0.2) is 0 Å². The van der Waals surface area contributed by atoms with Gasteiger partial charge >= 0.3 is 0 Å². The Morgan fingerprint density at radius 2 is 1.82 bits per heavy atom. The molecule has 0 aliphatic carbocycles. The number of rotatable bonds is 8. The molecule has 2 aromatic carbocycles. The zero-order valence-corrected chi connectivity index (χ0v) is 16.5. The lowest BCUT2D eigenvalue weighted by molar-refractivity contribution is -0.385. The quantitative estimate of drug-likeness (QED) is 0.318. The van der Waals surface area contributed by atoms with E-state index in [-0.39, 0.29) is 16.7 Å². The summed E-state index contributed by atoms with van der Waals surface area (Å²) in [6, 6.07) is 14.1. The molecule has 0 fully saturated rings. The molecule has 1 unspecified atom stereocenters. The lowest BCUT2D eigenvalue weighted by Gasteiger charge is -2.16. The fourth-order valence-electron chi connectivity index (χ4n) is 2.72. The smallest absolute Gasteiger partial charge is 0.273 e. The van der Waals surface area contributed by atoms with Gasteiger partial charge in [0.25, 0.3) is 5.69 Å². The SMILES string of the molecule is COc1ccccc1OC(C)c1nnc(SCc2ccccc2[N+](=O)[O-])n1C. The number of methoxy groups -OCH3 is 1. The van der Waals surface area contributed by atoms with Crippen molar-refractivity contribution in [1.29, 1.82) is 0 Å². The number of para-hydroxylation sites is 3. The number of aromatic nitrogens is 3. The topological polar surface area (TPSA) is 92.3 Å². The van der Waals surface area contributed by atoms with Gasteiger partial charge in [0, 0.05) is 24.4 Å². The first kappa shape index (κ1) is 19.7. The second-order valence-corrected chi connectivity index (χ2v) is 6.93. The van der Waals surface area contributed by atoms with Gasteiger partial charge < -0.3 is 14.0 Å². The Morgan fingerprint density at radius 1 is 1.14 bits per heavy atom. The summed E-state index contributed by atoms with van der Waals surface area (Å²) in [6.07, 6.45) is -0.353. The molecular formula is C19H20N4O4S. The number of benzene rings is 2. The maximum absolute atomic E-state index is 11.2. The van der Waals surface area contributed by atoms with E-state index in [9.17, 15) is 10.1 Å². The molecule has 1 atom stereocenters. The molecular weight excluding hydrogens is 380 g/mol. The molecule has 0 spiro atoms. The summed E-state index contributed by atoms with van der Waals surface area (Å²) < 4.78 is 13.1. The molecule has 0 amide bonds. The van der Waals surface area contributed by atoms with Crippen molar-refractivity contribution < 1.29 is 14.4 Å². The fraction of sp³-hybridized carbons (Fsp3) is 0.263. The molecule has 3 aromatic rings. The second-order valence-electron chi connectivity index (χ2n) is 5.99. The van der Waals surface area contributed by atoms with Gasteiger partial charge in [0.05, 0.1) is 12.0 Å². The summed E-state index contributed by atoms with van der Waals surface area (Å²) in [6.45, 7) is 1.88. The molecule has 1 heterocycles. The van der Waals surface area contributed by atoms with Crippen LogP contribution in [0.25, 0.3) is 0 Å².